The highest BCUT2D eigenvalue weighted by atomic mass is 32.2. The average molecular weight is 307 g/mol. The van der Waals surface area contributed by atoms with E-state index in [1.54, 1.807) is 0 Å². The van der Waals surface area contributed by atoms with Gasteiger partial charge in [0, 0.05) is 26.2 Å². The van der Waals surface area contributed by atoms with Crippen LogP contribution >= 0.6 is 0 Å². The van der Waals surface area contributed by atoms with Crippen molar-refractivity contribution in [2.45, 2.75) is 20.3 Å². The van der Waals surface area contributed by atoms with Gasteiger partial charge in [0.2, 0.25) is 10.0 Å². The fourth-order valence-corrected chi connectivity index (χ4v) is 3.11. The Bertz CT molecular complexity index is 392. The minimum Gasteiger partial charge on any atom is -0.379 e. The fraction of sp³-hybridized carbons (Fsp3) is 0.917. The monoisotopic (exact) mass is 307 g/mol. The number of morpholine rings is 1. The van der Waals surface area contributed by atoms with Crippen molar-refractivity contribution in [3.05, 3.63) is 0 Å². The van der Waals surface area contributed by atoms with E-state index < -0.39 is 10.0 Å². The second-order valence-electron chi connectivity index (χ2n) is 5.19. The lowest BCUT2D eigenvalue weighted by Gasteiger charge is -2.26. The van der Waals surface area contributed by atoms with Crippen molar-refractivity contribution in [1.82, 2.24) is 14.9 Å². The third kappa shape index (κ3) is 6.53. The van der Waals surface area contributed by atoms with Gasteiger partial charge in [0.05, 0.1) is 19.0 Å². The SMILES string of the molecule is CC(C)CCNC(=O)NCCS(=O)(=O)N1CCOCC1. The molecule has 1 aliphatic rings. The number of sulfonamides is 1. The maximum atomic E-state index is 12.0. The molecule has 7 nitrogen and oxygen atoms in total. The molecule has 0 unspecified atom stereocenters. The minimum atomic E-state index is -3.30. The van der Waals surface area contributed by atoms with Gasteiger partial charge in [0.25, 0.3) is 0 Å². The Hall–Kier alpha value is -0.860. The molecule has 1 rings (SSSR count). The van der Waals surface area contributed by atoms with E-state index in [0.29, 0.717) is 38.8 Å². The number of nitrogens with one attached hydrogen (secondary N) is 2. The molecular formula is C12H25N3O4S. The number of nitrogens with zero attached hydrogens (tertiary/aromatic N) is 1. The predicted molar refractivity (Wildman–Crippen MR) is 77.0 cm³/mol. The van der Waals surface area contributed by atoms with Crippen LogP contribution in [0.15, 0.2) is 0 Å². The van der Waals surface area contributed by atoms with Crippen molar-refractivity contribution >= 4 is 16.1 Å². The number of amides is 2. The Balaban J connectivity index is 2.20. The summed E-state index contributed by atoms with van der Waals surface area (Å²) in [5, 5.41) is 5.27. The summed E-state index contributed by atoms with van der Waals surface area (Å²) in [7, 11) is -3.30. The van der Waals surface area contributed by atoms with Gasteiger partial charge in [-0.3, -0.25) is 0 Å². The van der Waals surface area contributed by atoms with Crippen molar-refractivity contribution in [1.29, 1.82) is 0 Å². The first kappa shape index (κ1) is 17.2. The topological polar surface area (TPSA) is 87.7 Å². The third-order valence-electron chi connectivity index (χ3n) is 3.02. The zero-order valence-electron chi connectivity index (χ0n) is 12.2. The standard InChI is InChI=1S/C12H25N3O4S/c1-11(2)3-4-13-12(16)14-5-10-20(17,18)15-6-8-19-9-7-15/h11H,3-10H2,1-2H3,(H2,13,14,16). The number of ether oxygens (including phenoxy) is 1. The summed E-state index contributed by atoms with van der Waals surface area (Å²) in [6.07, 6.45) is 0.902. The molecule has 118 valence electrons. The zero-order chi connectivity index (χ0) is 15.0. The molecule has 20 heavy (non-hydrogen) atoms. The van der Waals surface area contributed by atoms with Crippen molar-refractivity contribution in [2.75, 3.05) is 45.1 Å². The lowest BCUT2D eigenvalue weighted by atomic mass is 10.1. The Morgan fingerprint density at radius 3 is 2.40 bits per heavy atom. The summed E-state index contributed by atoms with van der Waals surface area (Å²) in [6.45, 7) is 6.52. The Labute approximate surface area is 121 Å². The smallest absolute Gasteiger partial charge is 0.314 e. The maximum absolute atomic E-state index is 12.0. The molecule has 0 aliphatic carbocycles. The first-order chi connectivity index (χ1) is 9.42. The molecule has 2 amide bonds. The summed E-state index contributed by atoms with van der Waals surface area (Å²) in [4.78, 5) is 11.4. The van der Waals surface area contributed by atoms with E-state index in [1.807, 2.05) is 0 Å². The highest BCUT2D eigenvalue weighted by Gasteiger charge is 2.23. The molecule has 0 saturated carbocycles. The number of carbonyl (C=O) groups is 1. The van der Waals surface area contributed by atoms with Crippen LogP contribution in [-0.4, -0.2) is 63.9 Å². The molecule has 0 radical (unpaired) electrons. The summed E-state index contributed by atoms with van der Waals surface area (Å²) < 4.78 is 30.5. The lowest BCUT2D eigenvalue weighted by molar-refractivity contribution is 0.0730. The Morgan fingerprint density at radius 1 is 1.20 bits per heavy atom. The van der Waals surface area contributed by atoms with Crippen LogP contribution in [0, 0.1) is 5.92 Å². The lowest BCUT2D eigenvalue weighted by Crippen LogP contribution is -2.45. The normalized spacial score (nSPS) is 17.1. The van der Waals surface area contributed by atoms with E-state index in [1.165, 1.54) is 4.31 Å². The molecule has 0 aromatic heterocycles. The van der Waals surface area contributed by atoms with E-state index >= 15 is 0 Å². The van der Waals surface area contributed by atoms with Crippen molar-refractivity contribution in [3.63, 3.8) is 0 Å². The summed E-state index contributed by atoms with van der Waals surface area (Å²) in [5.41, 5.74) is 0. The first-order valence-corrected chi connectivity index (χ1v) is 8.60. The molecule has 1 heterocycles. The molecular weight excluding hydrogens is 282 g/mol. The molecule has 1 saturated heterocycles. The molecule has 0 spiro atoms. The Morgan fingerprint density at radius 2 is 1.80 bits per heavy atom. The van der Waals surface area contributed by atoms with Crippen molar-refractivity contribution in [3.8, 4) is 0 Å². The number of carbonyl (C=O) groups excluding carboxylic acids is 1. The molecule has 0 bridgehead atoms. The maximum Gasteiger partial charge on any atom is 0.314 e. The number of rotatable bonds is 7. The molecule has 0 aromatic carbocycles. The van der Waals surface area contributed by atoms with E-state index in [2.05, 4.69) is 24.5 Å². The van der Waals surface area contributed by atoms with Crippen LogP contribution in [0.5, 0.6) is 0 Å². The number of urea groups is 1. The first-order valence-electron chi connectivity index (χ1n) is 6.99. The fourth-order valence-electron chi connectivity index (χ4n) is 1.78. The highest BCUT2D eigenvalue weighted by Crippen LogP contribution is 2.04. The molecule has 0 atom stereocenters. The summed E-state index contributed by atoms with van der Waals surface area (Å²) in [5.74, 6) is 0.446. The largest absolute Gasteiger partial charge is 0.379 e. The van der Waals surface area contributed by atoms with Gasteiger partial charge in [0.1, 0.15) is 0 Å². The second kappa shape index (κ2) is 8.43. The van der Waals surface area contributed by atoms with Crippen LogP contribution in [-0.2, 0) is 14.8 Å². The van der Waals surface area contributed by atoms with Gasteiger partial charge >= 0.3 is 6.03 Å². The molecule has 1 fully saturated rings. The van der Waals surface area contributed by atoms with Crippen LogP contribution in [0.1, 0.15) is 20.3 Å². The average Bonchev–Trinajstić information content (AvgIpc) is 2.39. The number of hydrogen-bond acceptors (Lipinski definition) is 4. The van der Waals surface area contributed by atoms with E-state index in [-0.39, 0.29) is 18.3 Å². The van der Waals surface area contributed by atoms with Crippen LogP contribution in [0.3, 0.4) is 0 Å². The highest BCUT2D eigenvalue weighted by molar-refractivity contribution is 7.89. The van der Waals surface area contributed by atoms with Crippen molar-refractivity contribution in [2.24, 2.45) is 5.92 Å². The zero-order valence-corrected chi connectivity index (χ0v) is 13.0. The van der Waals surface area contributed by atoms with Crippen LogP contribution < -0.4 is 10.6 Å². The Kier molecular flexibility index (Phi) is 7.25. The van der Waals surface area contributed by atoms with E-state index in [0.717, 1.165) is 6.42 Å². The minimum absolute atomic E-state index is 0.0788. The van der Waals surface area contributed by atoms with Crippen LogP contribution in [0.4, 0.5) is 4.79 Å². The van der Waals surface area contributed by atoms with E-state index in [9.17, 15) is 13.2 Å². The summed E-state index contributed by atoms with van der Waals surface area (Å²) in [6, 6.07) is -0.317. The van der Waals surface area contributed by atoms with Crippen LogP contribution in [0.25, 0.3) is 0 Å². The van der Waals surface area contributed by atoms with Gasteiger partial charge in [-0.1, -0.05) is 13.8 Å². The van der Waals surface area contributed by atoms with Gasteiger partial charge in [-0.25, -0.2) is 13.2 Å². The van der Waals surface area contributed by atoms with Gasteiger partial charge in [-0.15, -0.1) is 0 Å². The van der Waals surface area contributed by atoms with Gasteiger partial charge in [-0.05, 0) is 12.3 Å². The van der Waals surface area contributed by atoms with E-state index in [4.69, 9.17) is 4.74 Å². The third-order valence-corrected chi connectivity index (χ3v) is 4.89. The van der Waals surface area contributed by atoms with Crippen LogP contribution in [0.2, 0.25) is 0 Å². The summed E-state index contributed by atoms with van der Waals surface area (Å²) >= 11 is 0. The molecule has 2 N–H and O–H groups in total. The number of hydrogen-bond donors (Lipinski definition) is 2. The molecule has 0 aromatic rings. The van der Waals surface area contributed by atoms with Crippen molar-refractivity contribution < 1.29 is 17.9 Å². The predicted octanol–water partition coefficient (Wildman–Crippen LogP) is -0.00630. The molecule has 8 heteroatoms. The quantitative estimate of drug-likeness (QED) is 0.693. The van der Waals surface area contributed by atoms with Gasteiger partial charge < -0.3 is 15.4 Å². The second-order valence-corrected chi connectivity index (χ2v) is 7.28. The molecule has 1 aliphatic heterocycles. The van der Waals surface area contributed by atoms with Gasteiger partial charge in [0.15, 0.2) is 0 Å². The van der Waals surface area contributed by atoms with Gasteiger partial charge in [-0.2, -0.15) is 4.31 Å².